The van der Waals surface area contributed by atoms with Gasteiger partial charge in [0.2, 0.25) is 11.6 Å². The molecule has 1 aliphatic rings. The van der Waals surface area contributed by atoms with Crippen molar-refractivity contribution in [1.82, 2.24) is 4.98 Å². The van der Waals surface area contributed by atoms with E-state index in [9.17, 15) is 5.11 Å². The molecule has 0 aliphatic carbocycles. The molecule has 128 valence electrons. The minimum Gasteiger partial charge on any atom is -0.493 e. The van der Waals surface area contributed by atoms with Crippen molar-refractivity contribution in [2.24, 2.45) is 0 Å². The number of rotatable bonds is 3. The Hall–Kier alpha value is -2.34. The summed E-state index contributed by atoms with van der Waals surface area (Å²) in [5.74, 6) is 2.05. The van der Waals surface area contributed by atoms with Crippen LogP contribution in [-0.4, -0.2) is 52.7 Å². The number of pyridine rings is 1. The summed E-state index contributed by atoms with van der Waals surface area (Å²) in [4.78, 5) is 3.88. The summed E-state index contributed by atoms with van der Waals surface area (Å²) in [7, 11) is 14.0. The molecule has 25 heavy (non-hydrogen) atoms. The van der Waals surface area contributed by atoms with Crippen molar-refractivity contribution in [3.63, 3.8) is 0 Å². The quantitative estimate of drug-likeness (QED) is 0.853. The van der Waals surface area contributed by atoms with Crippen LogP contribution in [0.5, 0.6) is 23.1 Å². The van der Waals surface area contributed by atoms with E-state index in [1.54, 1.807) is 25.4 Å². The molecule has 3 rings (SSSR count). The van der Waals surface area contributed by atoms with Crippen molar-refractivity contribution >= 4 is 15.7 Å². The van der Waals surface area contributed by atoms with Gasteiger partial charge in [0.1, 0.15) is 28.4 Å². The van der Waals surface area contributed by atoms with Gasteiger partial charge in [0.15, 0.2) is 11.5 Å². The highest BCUT2D eigenvalue weighted by atomic mass is 16.6. The van der Waals surface area contributed by atoms with Crippen LogP contribution in [0.2, 0.25) is 0 Å². The summed E-state index contributed by atoms with van der Waals surface area (Å²) < 4.78 is 21.1. The Morgan fingerprint density at radius 1 is 1.24 bits per heavy atom. The van der Waals surface area contributed by atoms with Gasteiger partial charge in [-0.15, -0.1) is 0 Å². The highest BCUT2D eigenvalue weighted by Gasteiger charge is 2.25. The predicted molar refractivity (Wildman–Crippen MR) is 94.8 cm³/mol. The monoisotopic (exact) mass is 339 g/mol. The molecule has 8 heteroatoms. The van der Waals surface area contributed by atoms with Crippen LogP contribution in [0.15, 0.2) is 36.5 Å². The van der Waals surface area contributed by atoms with E-state index in [1.165, 1.54) is 13.2 Å². The number of aromatic nitrogens is 1. The Morgan fingerprint density at radius 3 is 2.52 bits per heavy atom. The minimum absolute atomic E-state index is 0.0777. The fourth-order valence-corrected chi connectivity index (χ4v) is 2.11. The van der Waals surface area contributed by atoms with E-state index >= 15 is 0 Å². The maximum Gasteiger partial charge on any atom is 0.212 e. The number of nitrogens with zero attached hydrogens (tertiary/aromatic N) is 1. The van der Waals surface area contributed by atoms with Crippen molar-refractivity contribution in [2.45, 2.75) is 18.4 Å². The van der Waals surface area contributed by atoms with Gasteiger partial charge < -0.3 is 24.1 Å². The van der Waals surface area contributed by atoms with Crippen molar-refractivity contribution < 1.29 is 24.1 Å². The second-order valence-electron chi connectivity index (χ2n) is 5.44. The van der Waals surface area contributed by atoms with Gasteiger partial charge in [0.05, 0.1) is 14.2 Å². The van der Waals surface area contributed by atoms with Crippen molar-refractivity contribution in [2.75, 3.05) is 20.8 Å². The molecule has 4 radical (unpaired) electrons. The van der Waals surface area contributed by atoms with Gasteiger partial charge in [0.25, 0.3) is 0 Å². The van der Waals surface area contributed by atoms with Gasteiger partial charge >= 0.3 is 0 Å². The molecule has 0 saturated carbocycles. The summed E-state index contributed by atoms with van der Waals surface area (Å²) in [6, 6.07) is 8.61. The summed E-state index contributed by atoms with van der Waals surface area (Å²) in [5, 5.41) is 7.64. The molecule has 1 unspecified atom stereocenters. The van der Waals surface area contributed by atoms with Crippen LogP contribution in [0.25, 0.3) is 0 Å². The van der Waals surface area contributed by atoms with Gasteiger partial charge in [-0.1, -0.05) is 6.07 Å². The molecular formula is C17H19B2NO5. The highest BCUT2D eigenvalue weighted by Crippen LogP contribution is 2.42. The molecule has 0 spiro atoms. The third kappa shape index (κ3) is 5.06. The lowest BCUT2D eigenvalue weighted by Crippen LogP contribution is -2.29. The maximum absolute atomic E-state index is 9.58. The fourth-order valence-electron chi connectivity index (χ4n) is 2.11. The van der Waals surface area contributed by atoms with Gasteiger partial charge in [-0.3, -0.25) is 0 Å². The number of aliphatic hydroxyl groups is 1. The zero-order valence-electron chi connectivity index (χ0n) is 14.4. The molecule has 0 amide bonds. The molecule has 1 aromatic carbocycles. The van der Waals surface area contributed by atoms with Crippen molar-refractivity contribution in [3.05, 3.63) is 42.1 Å². The number of benzene rings is 1. The van der Waals surface area contributed by atoms with E-state index in [4.69, 9.17) is 34.6 Å². The normalized spacial score (nSPS) is 15.6. The van der Waals surface area contributed by atoms with Gasteiger partial charge in [0, 0.05) is 17.7 Å². The van der Waals surface area contributed by atoms with E-state index in [-0.39, 0.29) is 6.10 Å². The first-order valence-corrected chi connectivity index (χ1v) is 7.62. The topological polar surface area (TPSA) is 70.0 Å². The number of fused-ring (bicyclic) bond motifs is 1. The van der Waals surface area contributed by atoms with Crippen LogP contribution in [0, 0.1) is 0 Å². The summed E-state index contributed by atoms with van der Waals surface area (Å²) in [6.45, 7) is 2.32. The van der Waals surface area contributed by atoms with Crippen molar-refractivity contribution in [3.8, 4) is 23.1 Å². The summed E-state index contributed by atoms with van der Waals surface area (Å²) in [6.07, 6.45) is 1.62. The van der Waals surface area contributed by atoms with E-state index in [0.29, 0.717) is 35.3 Å². The lowest BCUT2D eigenvalue weighted by Gasteiger charge is -2.28. The Labute approximate surface area is 149 Å². The third-order valence-electron chi connectivity index (χ3n) is 3.34. The number of ether oxygens (including phenoxy) is 4. The number of methoxy groups -OCH3 is 2. The lowest BCUT2D eigenvalue weighted by atomic mass is 9.61. The van der Waals surface area contributed by atoms with Crippen LogP contribution in [0.1, 0.15) is 12.5 Å². The first-order chi connectivity index (χ1) is 11.8. The Morgan fingerprint density at radius 2 is 2.00 bits per heavy atom. The van der Waals surface area contributed by atoms with Crippen LogP contribution >= 0.6 is 0 Å². The SMILES string of the molecule is COc1ccccn1.[B]C([B])(O)c1cc(OC)c2c(c1)OC(C)CO2. The first kappa shape index (κ1) is 19.0. The second-order valence-corrected chi connectivity index (χ2v) is 5.44. The summed E-state index contributed by atoms with van der Waals surface area (Å²) >= 11 is 0. The molecule has 1 atom stereocenters. The molecule has 6 nitrogen and oxygen atoms in total. The standard InChI is InChI=1S/C11H12B2O4.C6H7NO/c1-6-5-16-10-8(15-2)3-7(11(12,13)14)4-9(10)17-6;1-8-6-4-2-3-5-7-6/h3-4,6,14H,5H2,1-2H3;2-5H,1H3. The maximum atomic E-state index is 9.58. The Balaban J connectivity index is 0.000000236. The van der Waals surface area contributed by atoms with Crippen LogP contribution in [0.3, 0.4) is 0 Å². The van der Waals surface area contributed by atoms with Crippen LogP contribution < -0.4 is 18.9 Å². The second kappa shape index (κ2) is 8.16. The molecule has 1 aromatic heterocycles. The Kier molecular flexibility index (Phi) is 6.20. The Bertz CT molecular complexity index is 691. The average Bonchev–Trinajstić information content (AvgIpc) is 2.60. The predicted octanol–water partition coefficient (Wildman–Crippen LogP) is 1.38. The zero-order chi connectivity index (χ0) is 18.4. The third-order valence-corrected chi connectivity index (χ3v) is 3.34. The lowest BCUT2D eigenvalue weighted by molar-refractivity contribution is 0.0995. The smallest absolute Gasteiger partial charge is 0.212 e. The molecule has 2 aromatic rings. The molecule has 1 N–H and O–H groups in total. The molecule has 0 saturated heterocycles. The van der Waals surface area contributed by atoms with E-state index in [1.807, 2.05) is 19.1 Å². The first-order valence-electron chi connectivity index (χ1n) is 7.62. The summed E-state index contributed by atoms with van der Waals surface area (Å²) in [5.41, 5.74) is 0.297. The van der Waals surface area contributed by atoms with Gasteiger partial charge in [-0.25, -0.2) is 4.98 Å². The van der Waals surface area contributed by atoms with Crippen LogP contribution in [0.4, 0.5) is 0 Å². The van der Waals surface area contributed by atoms with Crippen LogP contribution in [-0.2, 0) is 5.40 Å². The highest BCUT2D eigenvalue weighted by molar-refractivity contribution is 6.38. The largest absolute Gasteiger partial charge is 0.493 e. The molecular weight excluding hydrogens is 320 g/mol. The fraction of sp³-hybridized carbons (Fsp3) is 0.353. The molecule has 2 heterocycles. The van der Waals surface area contributed by atoms with E-state index in [2.05, 4.69) is 4.98 Å². The van der Waals surface area contributed by atoms with Gasteiger partial charge in [-0.05, 0) is 30.7 Å². The molecule has 0 bridgehead atoms. The minimum atomic E-state index is -1.94. The molecule has 0 fully saturated rings. The zero-order valence-corrected chi connectivity index (χ0v) is 14.4. The van der Waals surface area contributed by atoms with Crippen molar-refractivity contribution in [1.29, 1.82) is 0 Å². The molecule has 1 aliphatic heterocycles. The van der Waals surface area contributed by atoms with E-state index in [0.717, 1.165) is 0 Å². The van der Waals surface area contributed by atoms with E-state index < -0.39 is 5.40 Å². The average molecular weight is 339 g/mol. The van der Waals surface area contributed by atoms with Gasteiger partial charge in [-0.2, -0.15) is 0 Å². The number of hydrogen-bond donors (Lipinski definition) is 1. The number of hydrogen-bond acceptors (Lipinski definition) is 6.